The Hall–Kier alpha value is -2.67. The molecule has 23 heavy (non-hydrogen) atoms. The second-order valence-corrected chi connectivity index (χ2v) is 4.67. The molecule has 0 unspecified atom stereocenters. The van der Waals surface area contributed by atoms with Gasteiger partial charge in [0.2, 0.25) is 0 Å². The van der Waals surface area contributed by atoms with Gasteiger partial charge in [-0.1, -0.05) is 12.1 Å². The Labute approximate surface area is 131 Å². The smallest absolute Gasteiger partial charge is 0.319 e. The summed E-state index contributed by atoms with van der Waals surface area (Å²) in [5, 5.41) is 13.4. The van der Waals surface area contributed by atoms with Crippen LogP contribution in [0.15, 0.2) is 42.5 Å². The maximum Gasteiger partial charge on any atom is 0.319 e. The summed E-state index contributed by atoms with van der Waals surface area (Å²) in [4.78, 5) is 11.4. The Morgan fingerprint density at radius 3 is 2.70 bits per heavy atom. The quantitative estimate of drug-likeness (QED) is 0.766. The lowest BCUT2D eigenvalue weighted by Crippen LogP contribution is -2.30. The van der Waals surface area contributed by atoms with E-state index in [-0.39, 0.29) is 37.0 Å². The number of ether oxygens (including phenoxy) is 1. The summed E-state index contributed by atoms with van der Waals surface area (Å²) in [7, 11) is 0. The number of aliphatic hydroxyl groups excluding tert-OH is 1. The van der Waals surface area contributed by atoms with Crippen molar-refractivity contribution in [1.29, 1.82) is 0 Å². The third-order valence-electron chi connectivity index (χ3n) is 2.87. The minimum atomic E-state index is -0.652. The summed E-state index contributed by atoms with van der Waals surface area (Å²) in [5.41, 5.74) is 0.825. The summed E-state index contributed by atoms with van der Waals surface area (Å²) in [5.74, 6) is -1.04. The number of benzene rings is 2. The molecular weight excluding hydrogens is 306 g/mol. The van der Waals surface area contributed by atoms with Crippen molar-refractivity contribution in [2.24, 2.45) is 0 Å². The summed E-state index contributed by atoms with van der Waals surface area (Å²) in [6.45, 7) is -0.0593. The van der Waals surface area contributed by atoms with Gasteiger partial charge in [0.15, 0.2) is 11.6 Å². The van der Waals surface area contributed by atoms with Gasteiger partial charge >= 0.3 is 6.03 Å². The molecule has 0 aliphatic carbocycles. The minimum absolute atomic E-state index is 0.00409. The van der Waals surface area contributed by atoms with Crippen LogP contribution < -0.4 is 15.4 Å². The van der Waals surface area contributed by atoms with E-state index in [1.165, 1.54) is 24.3 Å². The lowest BCUT2D eigenvalue weighted by Gasteiger charge is -2.10. The Bertz CT molecular complexity index is 680. The third kappa shape index (κ3) is 5.23. The number of nitrogens with one attached hydrogen (secondary N) is 2. The predicted molar refractivity (Wildman–Crippen MR) is 81.2 cm³/mol. The lowest BCUT2D eigenvalue weighted by molar-refractivity contribution is 0.245. The Morgan fingerprint density at radius 1 is 1.17 bits per heavy atom. The first-order chi connectivity index (χ1) is 11.1. The molecule has 0 fully saturated rings. The summed E-state index contributed by atoms with van der Waals surface area (Å²) in [6, 6.07) is 9.24. The zero-order chi connectivity index (χ0) is 16.7. The van der Waals surface area contributed by atoms with E-state index < -0.39 is 11.8 Å². The number of urea groups is 1. The normalized spacial score (nSPS) is 10.2. The molecule has 7 heteroatoms. The first kappa shape index (κ1) is 16.7. The number of rotatable bonds is 6. The second kappa shape index (κ2) is 8.09. The van der Waals surface area contributed by atoms with Crippen molar-refractivity contribution in [2.45, 2.75) is 6.61 Å². The van der Waals surface area contributed by atoms with Crippen LogP contribution in [0.4, 0.5) is 19.3 Å². The van der Waals surface area contributed by atoms with Crippen molar-refractivity contribution < 1.29 is 23.4 Å². The van der Waals surface area contributed by atoms with E-state index in [4.69, 9.17) is 9.84 Å². The number of carbonyl (C=O) groups is 1. The highest BCUT2D eigenvalue weighted by Crippen LogP contribution is 2.22. The van der Waals surface area contributed by atoms with E-state index in [1.807, 2.05) is 0 Å². The van der Waals surface area contributed by atoms with Gasteiger partial charge in [0.1, 0.15) is 12.4 Å². The molecule has 3 N–H and O–H groups in total. The Balaban J connectivity index is 1.95. The third-order valence-corrected chi connectivity index (χ3v) is 2.87. The van der Waals surface area contributed by atoms with Crippen LogP contribution in [0.1, 0.15) is 5.56 Å². The zero-order valence-electron chi connectivity index (χ0n) is 12.2. The molecule has 0 spiro atoms. The first-order valence-corrected chi connectivity index (χ1v) is 6.91. The predicted octanol–water partition coefficient (Wildman–Crippen LogP) is 2.66. The molecular formula is C16H16F2N2O3. The van der Waals surface area contributed by atoms with Crippen LogP contribution >= 0.6 is 0 Å². The van der Waals surface area contributed by atoms with Crippen molar-refractivity contribution >= 4 is 11.7 Å². The van der Waals surface area contributed by atoms with Crippen LogP contribution in [-0.4, -0.2) is 24.3 Å². The minimum Gasteiger partial charge on any atom is -0.486 e. The standard InChI is InChI=1S/C16H16F2N2O3/c17-12-3-1-2-11(8-12)10-23-15-5-4-13(9-14(15)18)20-16(22)19-6-7-21/h1-5,8-9,21H,6-7,10H2,(H2,19,20,22). The van der Waals surface area contributed by atoms with E-state index in [9.17, 15) is 13.6 Å². The molecule has 0 heterocycles. The van der Waals surface area contributed by atoms with Crippen LogP contribution in [0, 0.1) is 11.6 Å². The second-order valence-electron chi connectivity index (χ2n) is 4.67. The van der Waals surface area contributed by atoms with E-state index >= 15 is 0 Å². The first-order valence-electron chi connectivity index (χ1n) is 6.91. The van der Waals surface area contributed by atoms with E-state index in [0.717, 1.165) is 6.07 Å². The van der Waals surface area contributed by atoms with Gasteiger partial charge in [0.25, 0.3) is 0 Å². The van der Waals surface area contributed by atoms with Gasteiger partial charge in [-0.05, 0) is 29.8 Å². The number of aliphatic hydroxyl groups is 1. The molecule has 5 nitrogen and oxygen atoms in total. The largest absolute Gasteiger partial charge is 0.486 e. The number of halogens is 2. The molecule has 0 aliphatic heterocycles. The fourth-order valence-electron chi connectivity index (χ4n) is 1.83. The van der Waals surface area contributed by atoms with Crippen molar-refractivity contribution in [2.75, 3.05) is 18.5 Å². The molecule has 0 radical (unpaired) electrons. The molecule has 0 aliphatic rings. The van der Waals surface area contributed by atoms with Crippen LogP contribution in [0.2, 0.25) is 0 Å². The van der Waals surface area contributed by atoms with Gasteiger partial charge in [-0.3, -0.25) is 0 Å². The Morgan fingerprint density at radius 2 is 2.00 bits per heavy atom. The number of amides is 2. The number of hydrogen-bond acceptors (Lipinski definition) is 3. The summed E-state index contributed by atoms with van der Waals surface area (Å²) >= 11 is 0. The molecule has 0 bridgehead atoms. The van der Waals surface area contributed by atoms with Gasteiger partial charge < -0.3 is 20.5 Å². The fraction of sp³-hybridized carbons (Fsp3) is 0.188. The highest BCUT2D eigenvalue weighted by Gasteiger charge is 2.07. The van der Waals surface area contributed by atoms with Crippen LogP contribution in [0.3, 0.4) is 0 Å². The average molecular weight is 322 g/mol. The van der Waals surface area contributed by atoms with E-state index in [0.29, 0.717) is 5.56 Å². The van der Waals surface area contributed by atoms with E-state index in [1.54, 1.807) is 12.1 Å². The molecule has 122 valence electrons. The maximum absolute atomic E-state index is 13.9. The molecule has 0 saturated heterocycles. The Kier molecular flexibility index (Phi) is 5.87. The van der Waals surface area contributed by atoms with Gasteiger partial charge in [0, 0.05) is 18.3 Å². The van der Waals surface area contributed by atoms with Gasteiger partial charge in [-0.2, -0.15) is 0 Å². The molecule has 2 aromatic rings. The van der Waals surface area contributed by atoms with Crippen molar-refractivity contribution in [3.63, 3.8) is 0 Å². The highest BCUT2D eigenvalue weighted by molar-refractivity contribution is 5.89. The molecule has 2 aromatic carbocycles. The van der Waals surface area contributed by atoms with Gasteiger partial charge in [-0.25, -0.2) is 13.6 Å². The lowest BCUT2D eigenvalue weighted by atomic mass is 10.2. The van der Waals surface area contributed by atoms with Crippen LogP contribution in [0.5, 0.6) is 5.75 Å². The molecule has 0 aromatic heterocycles. The van der Waals surface area contributed by atoms with Gasteiger partial charge in [0.05, 0.1) is 6.61 Å². The van der Waals surface area contributed by atoms with Crippen LogP contribution in [-0.2, 0) is 6.61 Å². The molecule has 2 amide bonds. The summed E-state index contributed by atoms with van der Waals surface area (Å²) < 4.78 is 32.3. The number of carbonyl (C=O) groups excluding carboxylic acids is 1. The van der Waals surface area contributed by atoms with Crippen molar-refractivity contribution in [3.8, 4) is 5.75 Å². The highest BCUT2D eigenvalue weighted by atomic mass is 19.1. The topological polar surface area (TPSA) is 70.6 Å². The number of hydrogen-bond donors (Lipinski definition) is 3. The summed E-state index contributed by atoms with van der Waals surface area (Å²) in [6.07, 6.45) is 0. The zero-order valence-corrected chi connectivity index (χ0v) is 12.2. The molecule has 2 rings (SSSR count). The molecule has 0 atom stereocenters. The number of anilines is 1. The molecule has 0 saturated carbocycles. The van der Waals surface area contributed by atoms with Gasteiger partial charge in [-0.15, -0.1) is 0 Å². The van der Waals surface area contributed by atoms with Crippen LogP contribution in [0.25, 0.3) is 0 Å². The maximum atomic E-state index is 13.9. The fourth-order valence-corrected chi connectivity index (χ4v) is 1.83. The van der Waals surface area contributed by atoms with Crippen molar-refractivity contribution in [1.82, 2.24) is 5.32 Å². The van der Waals surface area contributed by atoms with Crippen molar-refractivity contribution in [3.05, 3.63) is 59.7 Å². The average Bonchev–Trinajstić information content (AvgIpc) is 2.52. The van der Waals surface area contributed by atoms with E-state index in [2.05, 4.69) is 10.6 Å². The SMILES string of the molecule is O=C(NCCO)Nc1ccc(OCc2cccc(F)c2)c(F)c1. The monoisotopic (exact) mass is 322 g/mol.